The molecule has 2 unspecified atom stereocenters. The average Bonchev–Trinajstić information content (AvgIpc) is 3.08. The highest BCUT2D eigenvalue weighted by atomic mass is 14.9. The van der Waals surface area contributed by atoms with Gasteiger partial charge in [0.1, 0.15) is 6.04 Å². The minimum atomic E-state index is 0.0534. The second-order valence-corrected chi connectivity index (χ2v) is 10.7. The van der Waals surface area contributed by atoms with E-state index in [1.165, 1.54) is 10.9 Å². The number of benzene rings is 4. The maximum atomic E-state index is 5.08. The van der Waals surface area contributed by atoms with Gasteiger partial charge in [-0.1, -0.05) is 109 Å². The first kappa shape index (κ1) is 24.3. The van der Waals surface area contributed by atoms with Gasteiger partial charge in [0.15, 0.2) is 5.82 Å². The Bertz CT molecular complexity index is 2020. The van der Waals surface area contributed by atoms with Crippen molar-refractivity contribution in [3.05, 3.63) is 145 Å². The number of rotatable bonds is 4. The van der Waals surface area contributed by atoms with Gasteiger partial charge < -0.3 is 0 Å². The topological polar surface area (TPSA) is 51.0 Å². The van der Waals surface area contributed by atoms with Crippen LogP contribution >= 0.6 is 0 Å². The molecule has 4 aromatic carbocycles. The first-order valence-corrected chi connectivity index (χ1v) is 14.2. The molecule has 8 rings (SSSR count). The molecule has 4 nitrogen and oxygen atoms in total. The van der Waals surface area contributed by atoms with Crippen LogP contribution in [0, 0.1) is 5.92 Å². The number of aromatic nitrogens is 3. The lowest BCUT2D eigenvalue weighted by atomic mass is 9.87. The van der Waals surface area contributed by atoms with E-state index in [9.17, 15) is 0 Å². The summed E-state index contributed by atoms with van der Waals surface area (Å²) in [5.74, 6) is 0.997. The molecule has 0 saturated heterocycles. The lowest BCUT2D eigenvalue weighted by Crippen LogP contribution is -2.16. The standard InChI is InChI=1S/C38H26N4/c1-2-7-25(8-3-1)30-23-40-38(41-24-30)34-20-19-31(32-10-4-5-11-33(32)34)26-12-14-27(15-13-26)35-21-18-29-17-16-28-9-6-22-39-36(28)37(29)42-35/h1-24,28,36H. The molecule has 0 amide bonds. The highest BCUT2D eigenvalue weighted by Gasteiger charge is 2.26. The molecule has 2 atom stereocenters. The maximum absolute atomic E-state index is 5.08. The van der Waals surface area contributed by atoms with Crippen molar-refractivity contribution in [2.75, 3.05) is 0 Å². The van der Waals surface area contributed by atoms with E-state index in [0.29, 0.717) is 0 Å². The van der Waals surface area contributed by atoms with Crippen molar-refractivity contribution < 1.29 is 0 Å². The molecule has 6 aromatic rings. The van der Waals surface area contributed by atoms with E-state index in [4.69, 9.17) is 19.9 Å². The van der Waals surface area contributed by atoms with Crippen LogP contribution in [0.4, 0.5) is 0 Å². The molecule has 2 aliphatic rings. The normalized spacial score (nSPS) is 16.8. The van der Waals surface area contributed by atoms with Crippen LogP contribution in [0.1, 0.15) is 17.3 Å². The summed E-state index contributed by atoms with van der Waals surface area (Å²) < 4.78 is 0. The zero-order valence-electron chi connectivity index (χ0n) is 22.8. The van der Waals surface area contributed by atoms with Crippen LogP contribution in [-0.2, 0) is 0 Å². The van der Waals surface area contributed by atoms with Gasteiger partial charge in [-0.25, -0.2) is 15.0 Å². The predicted octanol–water partition coefficient (Wildman–Crippen LogP) is 9.02. The van der Waals surface area contributed by atoms with Crippen LogP contribution in [0.15, 0.2) is 139 Å². The van der Waals surface area contributed by atoms with Crippen LogP contribution in [0.25, 0.3) is 61.7 Å². The molecule has 2 aromatic heterocycles. The maximum Gasteiger partial charge on any atom is 0.159 e. The number of dihydropyridines is 1. The Balaban J connectivity index is 1.12. The first-order valence-electron chi connectivity index (χ1n) is 14.2. The minimum absolute atomic E-state index is 0.0534. The van der Waals surface area contributed by atoms with Crippen LogP contribution < -0.4 is 0 Å². The Morgan fingerprint density at radius 3 is 2.07 bits per heavy atom. The highest BCUT2D eigenvalue weighted by molar-refractivity contribution is 6.04. The largest absolute Gasteiger partial charge is 0.282 e. The van der Waals surface area contributed by atoms with E-state index >= 15 is 0 Å². The molecule has 0 fully saturated rings. The van der Waals surface area contributed by atoms with E-state index in [-0.39, 0.29) is 12.0 Å². The van der Waals surface area contributed by atoms with Gasteiger partial charge in [-0.2, -0.15) is 0 Å². The molecular formula is C38H26N4. The molecule has 3 heterocycles. The zero-order chi connectivity index (χ0) is 27.9. The summed E-state index contributed by atoms with van der Waals surface area (Å²) in [6, 6.07) is 36.1. The van der Waals surface area contributed by atoms with Gasteiger partial charge in [-0.05, 0) is 51.2 Å². The highest BCUT2D eigenvalue weighted by Crippen LogP contribution is 2.38. The summed E-state index contributed by atoms with van der Waals surface area (Å²) in [7, 11) is 0. The second-order valence-electron chi connectivity index (χ2n) is 10.7. The first-order chi connectivity index (χ1) is 20.8. The fourth-order valence-corrected chi connectivity index (χ4v) is 6.00. The van der Waals surface area contributed by atoms with Gasteiger partial charge in [0, 0.05) is 41.2 Å². The summed E-state index contributed by atoms with van der Waals surface area (Å²) in [6.45, 7) is 0. The summed E-state index contributed by atoms with van der Waals surface area (Å²) in [6.07, 6.45) is 14.3. The third-order valence-electron chi connectivity index (χ3n) is 8.18. The molecule has 0 N–H and O–H groups in total. The third-order valence-corrected chi connectivity index (χ3v) is 8.18. The second kappa shape index (κ2) is 10.2. The molecule has 0 bridgehead atoms. The monoisotopic (exact) mass is 538 g/mol. The predicted molar refractivity (Wildman–Crippen MR) is 172 cm³/mol. The Kier molecular flexibility index (Phi) is 5.89. The molecular weight excluding hydrogens is 512 g/mol. The SMILES string of the molecule is C1=CC2C=Cc3ccc(-c4ccc(-c5ccc(-c6ncc(-c7ccccc7)cn6)c6ccccc56)cc4)nc3C2N=C1. The summed E-state index contributed by atoms with van der Waals surface area (Å²) in [4.78, 5) is 19.3. The van der Waals surface area contributed by atoms with E-state index in [1.54, 1.807) is 0 Å². The molecule has 1 aliphatic carbocycles. The summed E-state index contributed by atoms with van der Waals surface area (Å²) in [5.41, 5.74) is 9.73. The van der Waals surface area contributed by atoms with Gasteiger partial charge in [0.2, 0.25) is 0 Å². The van der Waals surface area contributed by atoms with Gasteiger partial charge >= 0.3 is 0 Å². The Hall–Kier alpha value is -5.48. The fourth-order valence-electron chi connectivity index (χ4n) is 6.00. The number of pyridine rings is 1. The van der Waals surface area contributed by atoms with Crippen LogP contribution in [0.3, 0.4) is 0 Å². The Morgan fingerprint density at radius 1 is 0.548 bits per heavy atom. The smallest absolute Gasteiger partial charge is 0.159 e. The molecule has 0 radical (unpaired) electrons. The van der Waals surface area contributed by atoms with Crippen molar-refractivity contribution in [3.63, 3.8) is 0 Å². The Labute approximate surface area is 244 Å². The lowest BCUT2D eigenvalue weighted by molar-refractivity contribution is 0.594. The van der Waals surface area contributed by atoms with Crippen molar-refractivity contribution in [2.24, 2.45) is 10.9 Å². The van der Waals surface area contributed by atoms with Crippen molar-refractivity contribution in [2.45, 2.75) is 6.04 Å². The number of hydrogen-bond acceptors (Lipinski definition) is 4. The number of aliphatic imine (C=N–C) groups is 1. The molecule has 42 heavy (non-hydrogen) atoms. The molecule has 0 spiro atoms. The van der Waals surface area contributed by atoms with Gasteiger partial charge in [-0.15, -0.1) is 0 Å². The molecule has 198 valence electrons. The molecule has 4 heteroatoms. The van der Waals surface area contributed by atoms with Crippen LogP contribution in [0.2, 0.25) is 0 Å². The summed E-state index contributed by atoms with van der Waals surface area (Å²) in [5, 5.41) is 2.30. The Morgan fingerprint density at radius 2 is 1.26 bits per heavy atom. The number of nitrogens with zero attached hydrogens (tertiary/aromatic N) is 4. The van der Waals surface area contributed by atoms with Crippen LogP contribution in [0.5, 0.6) is 0 Å². The van der Waals surface area contributed by atoms with Gasteiger partial charge in [-0.3, -0.25) is 4.99 Å². The third kappa shape index (κ3) is 4.25. The van der Waals surface area contributed by atoms with E-state index in [2.05, 4.69) is 103 Å². The average molecular weight is 539 g/mol. The molecule has 1 aliphatic heterocycles. The fraction of sp³-hybridized carbons (Fsp3) is 0.0526. The van der Waals surface area contributed by atoms with Gasteiger partial charge in [0.05, 0.1) is 11.4 Å². The number of fused-ring (bicyclic) bond motifs is 4. The van der Waals surface area contributed by atoms with Crippen molar-refractivity contribution in [3.8, 4) is 44.9 Å². The lowest BCUT2D eigenvalue weighted by Gasteiger charge is -2.25. The van der Waals surface area contributed by atoms with Crippen molar-refractivity contribution in [1.29, 1.82) is 0 Å². The quantitative estimate of drug-likeness (QED) is 0.225. The van der Waals surface area contributed by atoms with Crippen molar-refractivity contribution >= 4 is 23.1 Å². The van der Waals surface area contributed by atoms with Crippen molar-refractivity contribution in [1.82, 2.24) is 15.0 Å². The van der Waals surface area contributed by atoms with E-state index in [1.807, 2.05) is 42.9 Å². The number of hydrogen-bond donors (Lipinski definition) is 0. The number of allylic oxidation sites excluding steroid dienone is 1. The van der Waals surface area contributed by atoms with Gasteiger partial charge in [0.25, 0.3) is 0 Å². The van der Waals surface area contributed by atoms with E-state index in [0.717, 1.165) is 56.0 Å². The minimum Gasteiger partial charge on any atom is -0.282 e. The van der Waals surface area contributed by atoms with E-state index < -0.39 is 0 Å². The molecule has 0 saturated carbocycles. The van der Waals surface area contributed by atoms with Crippen LogP contribution in [-0.4, -0.2) is 21.2 Å². The summed E-state index contributed by atoms with van der Waals surface area (Å²) >= 11 is 0. The zero-order valence-corrected chi connectivity index (χ0v) is 22.8.